The fourth-order valence-electron chi connectivity index (χ4n) is 2.22. The Kier molecular flexibility index (Phi) is 4.98. The van der Waals surface area contributed by atoms with Gasteiger partial charge < -0.3 is 0 Å². The summed E-state index contributed by atoms with van der Waals surface area (Å²) >= 11 is 6.74. The second-order valence-corrected chi connectivity index (χ2v) is 6.55. The number of aromatic nitrogens is 3. The highest BCUT2D eigenvalue weighted by Crippen LogP contribution is 2.39. The standard InChI is InChI=1S/C15H8ClF3N4O3S/c16-9-3-1-2-4-10(9)22-13(24)20-21-14(22)27-12-6-5-8(15(17,18)19)7-11(12)23(25)26/h1-7H,(H,20,24). The molecule has 1 aromatic heterocycles. The number of hydrogen-bond acceptors (Lipinski definition) is 5. The summed E-state index contributed by atoms with van der Waals surface area (Å²) in [6.07, 6.45) is -4.72. The number of nitro groups is 1. The van der Waals surface area contributed by atoms with Crippen LogP contribution in [0.2, 0.25) is 5.02 Å². The normalized spacial score (nSPS) is 11.6. The van der Waals surface area contributed by atoms with Gasteiger partial charge in [0.25, 0.3) is 5.69 Å². The Morgan fingerprint density at radius 2 is 1.93 bits per heavy atom. The summed E-state index contributed by atoms with van der Waals surface area (Å²) in [5.74, 6) is 0. The molecule has 1 N–H and O–H groups in total. The monoisotopic (exact) mass is 416 g/mol. The third-order valence-corrected chi connectivity index (χ3v) is 4.76. The van der Waals surface area contributed by atoms with Gasteiger partial charge in [-0.05, 0) is 36.0 Å². The van der Waals surface area contributed by atoms with Crippen LogP contribution in [0.15, 0.2) is 57.3 Å². The van der Waals surface area contributed by atoms with E-state index in [9.17, 15) is 28.1 Å². The van der Waals surface area contributed by atoms with Crippen LogP contribution in [0.25, 0.3) is 5.69 Å². The molecule has 7 nitrogen and oxygen atoms in total. The zero-order valence-corrected chi connectivity index (χ0v) is 14.6. The molecule has 3 aromatic rings. The van der Waals surface area contributed by atoms with Gasteiger partial charge in [-0.25, -0.2) is 14.5 Å². The molecule has 3 rings (SSSR count). The average molecular weight is 417 g/mol. The number of nitrogens with one attached hydrogen (secondary N) is 1. The van der Waals surface area contributed by atoms with Crippen LogP contribution in [0.4, 0.5) is 18.9 Å². The lowest BCUT2D eigenvalue weighted by Gasteiger charge is -2.09. The van der Waals surface area contributed by atoms with Crippen LogP contribution in [0, 0.1) is 10.1 Å². The molecule has 0 unspecified atom stereocenters. The maximum atomic E-state index is 12.8. The van der Waals surface area contributed by atoms with Gasteiger partial charge in [0.1, 0.15) is 0 Å². The Morgan fingerprint density at radius 1 is 1.22 bits per heavy atom. The van der Waals surface area contributed by atoms with Crippen molar-refractivity contribution in [1.82, 2.24) is 14.8 Å². The van der Waals surface area contributed by atoms with Crippen LogP contribution in [0.1, 0.15) is 5.56 Å². The lowest BCUT2D eigenvalue weighted by atomic mass is 10.2. The molecule has 0 saturated heterocycles. The van der Waals surface area contributed by atoms with Crippen molar-refractivity contribution in [2.24, 2.45) is 0 Å². The van der Waals surface area contributed by atoms with E-state index >= 15 is 0 Å². The highest BCUT2D eigenvalue weighted by atomic mass is 35.5. The lowest BCUT2D eigenvalue weighted by Crippen LogP contribution is -2.15. The molecule has 0 fully saturated rings. The number of nitro benzene ring substituents is 1. The molecule has 0 aliphatic heterocycles. The number of benzene rings is 2. The van der Waals surface area contributed by atoms with E-state index in [2.05, 4.69) is 10.2 Å². The van der Waals surface area contributed by atoms with Gasteiger partial charge in [-0.1, -0.05) is 23.7 Å². The van der Waals surface area contributed by atoms with Crippen molar-refractivity contribution in [3.05, 3.63) is 73.6 Å². The Bertz CT molecular complexity index is 1080. The van der Waals surface area contributed by atoms with Crippen molar-refractivity contribution in [1.29, 1.82) is 0 Å². The van der Waals surface area contributed by atoms with E-state index in [0.717, 1.165) is 16.7 Å². The minimum absolute atomic E-state index is 0.0176. The molecule has 0 amide bonds. The molecule has 2 aromatic carbocycles. The fraction of sp³-hybridized carbons (Fsp3) is 0.0667. The number of hydrogen-bond donors (Lipinski definition) is 1. The third kappa shape index (κ3) is 3.83. The van der Waals surface area contributed by atoms with Crippen molar-refractivity contribution in [2.45, 2.75) is 16.2 Å². The Hall–Kier alpha value is -2.79. The van der Waals surface area contributed by atoms with Crippen molar-refractivity contribution < 1.29 is 18.1 Å². The number of H-pyrrole nitrogens is 1. The van der Waals surface area contributed by atoms with E-state index in [-0.39, 0.29) is 20.8 Å². The zero-order valence-electron chi connectivity index (χ0n) is 13.0. The SMILES string of the molecule is O=c1[nH]nc(Sc2ccc(C(F)(F)F)cc2[N+](=O)[O-])n1-c1ccccc1Cl. The second-order valence-electron chi connectivity index (χ2n) is 5.14. The van der Waals surface area contributed by atoms with E-state index in [1.54, 1.807) is 12.1 Å². The van der Waals surface area contributed by atoms with Gasteiger partial charge in [0.2, 0.25) is 5.16 Å². The minimum Gasteiger partial charge on any atom is -0.258 e. The fourth-order valence-corrected chi connectivity index (χ4v) is 3.37. The topological polar surface area (TPSA) is 93.8 Å². The van der Waals surface area contributed by atoms with E-state index in [4.69, 9.17) is 11.6 Å². The van der Waals surface area contributed by atoms with Crippen LogP contribution in [0.5, 0.6) is 0 Å². The lowest BCUT2D eigenvalue weighted by molar-refractivity contribution is -0.388. The van der Waals surface area contributed by atoms with Crippen molar-refractivity contribution in [3.63, 3.8) is 0 Å². The molecule has 0 aliphatic carbocycles. The smallest absolute Gasteiger partial charge is 0.258 e. The van der Waals surface area contributed by atoms with Gasteiger partial charge in [-0.2, -0.15) is 13.2 Å². The molecule has 12 heteroatoms. The molecule has 140 valence electrons. The number of para-hydroxylation sites is 1. The number of rotatable bonds is 4. The van der Waals surface area contributed by atoms with E-state index in [0.29, 0.717) is 17.8 Å². The van der Waals surface area contributed by atoms with Crippen LogP contribution in [-0.4, -0.2) is 19.7 Å². The first-order valence-corrected chi connectivity index (χ1v) is 8.33. The first-order valence-electron chi connectivity index (χ1n) is 7.14. The molecule has 0 saturated carbocycles. The third-order valence-electron chi connectivity index (χ3n) is 3.42. The molecule has 0 aliphatic rings. The molecule has 0 spiro atoms. The van der Waals surface area contributed by atoms with E-state index < -0.39 is 28.0 Å². The zero-order chi connectivity index (χ0) is 19.8. The van der Waals surface area contributed by atoms with E-state index in [1.165, 1.54) is 12.1 Å². The van der Waals surface area contributed by atoms with E-state index in [1.807, 2.05) is 0 Å². The summed E-state index contributed by atoms with van der Waals surface area (Å²) in [6, 6.07) is 8.45. The number of aromatic amines is 1. The van der Waals surface area contributed by atoms with Gasteiger partial charge in [-0.15, -0.1) is 5.10 Å². The maximum Gasteiger partial charge on any atom is 0.416 e. The van der Waals surface area contributed by atoms with Crippen molar-refractivity contribution in [2.75, 3.05) is 0 Å². The van der Waals surface area contributed by atoms with Crippen molar-refractivity contribution >= 4 is 29.1 Å². The first kappa shape index (κ1) is 19.0. The van der Waals surface area contributed by atoms with Gasteiger partial charge in [0, 0.05) is 6.07 Å². The predicted molar refractivity (Wildman–Crippen MR) is 91.4 cm³/mol. The minimum atomic E-state index is -4.72. The highest BCUT2D eigenvalue weighted by Gasteiger charge is 2.33. The first-order chi connectivity index (χ1) is 12.7. The Labute approximate surface area is 157 Å². The molecular formula is C15H8ClF3N4O3S. The number of alkyl halides is 3. The average Bonchev–Trinajstić information content (AvgIpc) is 2.95. The predicted octanol–water partition coefficient (Wildman–Crippen LogP) is 4.29. The summed E-state index contributed by atoms with van der Waals surface area (Å²) in [5.41, 5.74) is -2.28. The summed E-state index contributed by atoms with van der Waals surface area (Å²) in [7, 11) is 0. The quantitative estimate of drug-likeness (QED) is 0.505. The van der Waals surface area contributed by atoms with Gasteiger partial charge in [0.15, 0.2) is 0 Å². The summed E-state index contributed by atoms with van der Waals surface area (Å²) in [4.78, 5) is 22.3. The summed E-state index contributed by atoms with van der Waals surface area (Å²) < 4.78 is 39.5. The Balaban J connectivity index is 2.09. The van der Waals surface area contributed by atoms with Gasteiger partial charge >= 0.3 is 11.9 Å². The number of nitrogens with zero attached hydrogens (tertiary/aromatic N) is 3. The molecule has 0 radical (unpaired) electrons. The largest absolute Gasteiger partial charge is 0.416 e. The van der Waals surface area contributed by atoms with Crippen LogP contribution >= 0.6 is 23.4 Å². The van der Waals surface area contributed by atoms with Gasteiger partial charge in [0.05, 0.1) is 26.1 Å². The molecule has 0 bridgehead atoms. The molecule has 27 heavy (non-hydrogen) atoms. The Morgan fingerprint density at radius 3 is 2.56 bits per heavy atom. The summed E-state index contributed by atoms with van der Waals surface area (Å²) in [5, 5.41) is 17.4. The highest BCUT2D eigenvalue weighted by molar-refractivity contribution is 7.99. The van der Waals surface area contributed by atoms with Crippen molar-refractivity contribution in [3.8, 4) is 5.69 Å². The van der Waals surface area contributed by atoms with Gasteiger partial charge in [-0.3, -0.25) is 10.1 Å². The number of halogens is 4. The van der Waals surface area contributed by atoms with Crippen LogP contribution in [0.3, 0.4) is 0 Å². The molecular weight excluding hydrogens is 409 g/mol. The summed E-state index contributed by atoms with van der Waals surface area (Å²) in [6.45, 7) is 0. The molecule has 0 atom stereocenters. The second kappa shape index (κ2) is 7.08. The maximum absolute atomic E-state index is 12.8. The van der Waals surface area contributed by atoms with Crippen LogP contribution in [-0.2, 0) is 6.18 Å². The van der Waals surface area contributed by atoms with Crippen LogP contribution < -0.4 is 5.69 Å². The molecule has 1 heterocycles.